The molecule has 11 heteroatoms. The van der Waals surface area contributed by atoms with Crippen molar-refractivity contribution in [1.29, 1.82) is 0 Å². The minimum Gasteiger partial charge on any atom is -0.497 e. The van der Waals surface area contributed by atoms with Crippen molar-refractivity contribution >= 4 is 23.5 Å². The number of cyclic esters (lactones) is 1. The molecule has 7 atom stereocenters. The van der Waals surface area contributed by atoms with Crippen LogP contribution in [0.4, 0.5) is 5.69 Å². The highest BCUT2D eigenvalue weighted by molar-refractivity contribution is 6.12. The maximum atomic E-state index is 15.5. The summed E-state index contributed by atoms with van der Waals surface area (Å²) in [6, 6.07) is 45.2. The lowest BCUT2D eigenvalue weighted by Gasteiger charge is -2.46. The minimum absolute atomic E-state index is 0.0782. The van der Waals surface area contributed by atoms with E-state index in [1.807, 2.05) is 120 Å². The summed E-state index contributed by atoms with van der Waals surface area (Å²) in [4.78, 5) is 48.0. The fraction of sp³-hybridized carbons (Fsp3) is 0.212. The molecule has 1 spiro atoms. The Bertz CT molecular complexity index is 2670. The first-order valence-electron chi connectivity index (χ1n) is 20.9. The van der Waals surface area contributed by atoms with Crippen molar-refractivity contribution in [2.24, 2.45) is 5.92 Å². The molecule has 0 unspecified atom stereocenters. The molecule has 0 aromatic heterocycles. The summed E-state index contributed by atoms with van der Waals surface area (Å²) < 4.78 is 17.6. The second kappa shape index (κ2) is 17.6. The zero-order valence-corrected chi connectivity index (χ0v) is 34.4. The van der Waals surface area contributed by atoms with Crippen molar-refractivity contribution < 1.29 is 38.8 Å². The van der Waals surface area contributed by atoms with Gasteiger partial charge in [0.2, 0.25) is 11.8 Å². The Morgan fingerprint density at radius 3 is 2.06 bits per heavy atom. The van der Waals surface area contributed by atoms with Crippen LogP contribution in [0, 0.1) is 17.8 Å². The van der Waals surface area contributed by atoms with Crippen LogP contribution in [0.3, 0.4) is 0 Å². The molecule has 0 bridgehead atoms. The second-order valence-electron chi connectivity index (χ2n) is 15.8. The minimum atomic E-state index is -1.76. The number of ether oxygens (including phenoxy) is 3. The number of aliphatic hydroxyl groups excluding tert-OH is 2. The maximum Gasteiger partial charge on any atom is 0.324 e. The summed E-state index contributed by atoms with van der Waals surface area (Å²) in [7, 11) is 1.60. The van der Waals surface area contributed by atoms with Gasteiger partial charge in [0.25, 0.3) is 0 Å². The molecule has 2 fully saturated rings. The van der Waals surface area contributed by atoms with Crippen LogP contribution < -0.4 is 20.1 Å². The number of rotatable bonds is 11. The number of hydrogen-bond donors (Lipinski definition) is 4. The van der Waals surface area contributed by atoms with E-state index in [1.165, 1.54) is 0 Å². The van der Waals surface area contributed by atoms with Crippen LogP contribution in [0.15, 0.2) is 158 Å². The Balaban J connectivity index is 1.27. The van der Waals surface area contributed by atoms with Gasteiger partial charge < -0.3 is 35.1 Å². The van der Waals surface area contributed by atoms with Gasteiger partial charge in [-0.05, 0) is 82.4 Å². The standard InChI is InChI=1S/C52H45N3O8/c1-61-39-24-19-33(20-25-39)17-18-34-21-28-42-41(31-34)52(51(60)54-42)44(49(58)53-32-43(57)35-11-5-2-6-12-35)46-50(59)63-47(37-15-9-4-10-16-37)45(36-13-7-3-8-14-36)55(46)48(52)38-22-26-40(27-23-38)62-30-29-56/h2-16,19-28,31,43-48,56-57H,29-30,32H2,1H3,(H,53,58)(H,54,60)/t43-,44-,45-,46-,47+,48+,52-/m0/s1. The molecule has 316 valence electrons. The molecule has 0 saturated carbocycles. The van der Waals surface area contributed by atoms with Crippen LogP contribution in [0.5, 0.6) is 11.5 Å². The summed E-state index contributed by atoms with van der Waals surface area (Å²) in [5, 5.41) is 26.9. The number of nitrogens with one attached hydrogen (secondary N) is 2. The van der Waals surface area contributed by atoms with Gasteiger partial charge in [-0.15, -0.1) is 0 Å². The Morgan fingerprint density at radius 2 is 1.40 bits per heavy atom. The van der Waals surface area contributed by atoms with Crippen LogP contribution in [-0.4, -0.2) is 65.8 Å². The number of carbonyl (C=O) groups is 3. The fourth-order valence-electron chi connectivity index (χ4n) is 9.50. The predicted octanol–water partition coefficient (Wildman–Crippen LogP) is 6.59. The van der Waals surface area contributed by atoms with E-state index in [1.54, 1.807) is 49.6 Å². The summed E-state index contributed by atoms with van der Waals surface area (Å²) in [5.41, 5.74) is 3.33. The number of esters is 1. The number of anilines is 1. The average Bonchev–Trinajstić information content (AvgIpc) is 3.81. The largest absolute Gasteiger partial charge is 0.497 e. The van der Waals surface area contributed by atoms with Crippen molar-refractivity contribution in [3.63, 3.8) is 0 Å². The van der Waals surface area contributed by atoms with Crippen molar-refractivity contribution in [2.45, 2.75) is 35.7 Å². The summed E-state index contributed by atoms with van der Waals surface area (Å²) in [6.45, 7) is -0.286. The Hall–Kier alpha value is -7.23. The zero-order chi connectivity index (χ0) is 43.5. The summed E-state index contributed by atoms with van der Waals surface area (Å²) in [6.07, 6.45) is -1.91. The van der Waals surface area contributed by atoms with Gasteiger partial charge in [0.15, 0.2) is 0 Å². The number of morpholine rings is 1. The zero-order valence-electron chi connectivity index (χ0n) is 34.4. The highest BCUT2D eigenvalue weighted by atomic mass is 16.6. The smallest absolute Gasteiger partial charge is 0.324 e. The molecule has 3 heterocycles. The van der Waals surface area contributed by atoms with E-state index in [0.717, 1.165) is 16.7 Å². The number of hydrogen-bond acceptors (Lipinski definition) is 9. The monoisotopic (exact) mass is 839 g/mol. The number of benzene rings is 6. The van der Waals surface area contributed by atoms with E-state index >= 15 is 14.4 Å². The molecule has 11 nitrogen and oxygen atoms in total. The van der Waals surface area contributed by atoms with Gasteiger partial charge in [-0.25, -0.2) is 0 Å². The first-order chi connectivity index (χ1) is 30.8. The maximum absolute atomic E-state index is 15.5. The number of methoxy groups -OCH3 is 1. The van der Waals surface area contributed by atoms with Crippen molar-refractivity contribution in [2.75, 3.05) is 32.2 Å². The molecule has 3 aliphatic heterocycles. The lowest BCUT2D eigenvalue weighted by Crippen LogP contribution is -2.55. The molecule has 2 saturated heterocycles. The number of amides is 2. The quantitative estimate of drug-likeness (QED) is 0.0839. The summed E-state index contributed by atoms with van der Waals surface area (Å²) >= 11 is 0. The molecular weight excluding hydrogens is 795 g/mol. The lowest BCUT2D eigenvalue weighted by atomic mass is 9.65. The Labute approximate surface area is 365 Å². The van der Waals surface area contributed by atoms with E-state index < -0.39 is 59.5 Å². The van der Waals surface area contributed by atoms with Crippen molar-refractivity contribution in [1.82, 2.24) is 10.2 Å². The average molecular weight is 840 g/mol. The van der Waals surface area contributed by atoms with Gasteiger partial charge in [-0.3, -0.25) is 19.3 Å². The van der Waals surface area contributed by atoms with Crippen molar-refractivity contribution in [3.8, 4) is 23.3 Å². The Morgan fingerprint density at radius 1 is 0.778 bits per heavy atom. The van der Waals surface area contributed by atoms with Gasteiger partial charge in [-0.2, -0.15) is 0 Å². The van der Waals surface area contributed by atoms with Crippen molar-refractivity contribution in [3.05, 3.63) is 197 Å². The molecule has 0 radical (unpaired) electrons. The lowest BCUT2D eigenvalue weighted by molar-refractivity contribution is -0.178. The number of aliphatic hydroxyl groups is 2. The second-order valence-corrected chi connectivity index (χ2v) is 15.8. The van der Waals surface area contributed by atoms with Crippen LogP contribution >= 0.6 is 0 Å². The fourth-order valence-corrected chi connectivity index (χ4v) is 9.50. The van der Waals surface area contributed by atoms with Crippen LogP contribution in [0.1, 0.15) is 63.2 Å². The number of fused-ring (bicyclic) bond motifs is 3. The van der Waals surface area contributed by atoms with Gasteiger partial charge in [-0.1, -0.05) is 115 Å². The van der Waals surface area contributed by atoms with E-state index in [2.05, 4.69) is 22.5 Å². The normalized spacial score (nSPS) is 22.7. The molecule has 2 amide bonds. The van der Waals surface area contributed by atoms with Crippen LogP contribution in [-0.2, 0) is 24.5 Å². The third-order valence-electron chi connectivity index (χ3n) is 12.2. The molecule has 0 aliphatic carbocycles. The molecular formula is C52H45N3O8. The molecule has 63 heavy (non-hydrogen) atoms. The number of carbonyl (C=O) groups excluding carboxylic acids is 3. The van der Waals surface area contributed by atoms with E-state index in [0.29, 0.717) is 39.4 Å². The van der Waals surface area contributed by atoms with E-state index in [9.17, 15) is 10.2 Å². The molecule has 4 N–H and O–H groups in total. The molecule has 3 aliphatic rings. The van der Waals surface area contributed by atoms with Gasteiger partial charge in [0, 0.05) is 23.4 Å². The van der Waals surface area contributed by atoms with E-state index in [-0.39, 0.29) is 19.8 Å². The highest BCUT2D eigenvalue weighted by Crippen LogP contribution is 2.64. The molecule has 6 aromatic rings. The van der Waals surface area contributed by atoms with Gasteiger partial charge in [0.1, 0.15) is 35.7 Å². The first kappa shape index (κ1) is 41.1. The predicted molar refractivity (Wildman–Crippen MR) is 235 cm³/mol. The topological polar surface area (TPSA) is 147 Å². The Kier molecular flexibility index (Phi) is 11.5. The van der Waals surface area contributed by atoms with Crippen LogP contribution in [0.25, 0.3) is 0 Å². The van der Waals surface area contributed by atoms with Crippen LogP contribution in [0.2, 0.25) is 0 Å². The highest BCUT2D eigenvalue weighted by Gasteiger charge is 2.74. The summed E-state index contributed by atoms with van der Waals surface area (Å²) in [5.74, 6) is 4.55. The third-order valence-corrected chi connectivity index (χ3v) is 12.2. The van der Waals surface area contributed by atoms with E-state index in [4.69, 9.17) is 14.2 Å². The first-order valence-corrected chi connectivity index (χ1v) is 20.9. The van der Waals surface area contributed by atoms with Gasteiger partial charge in [0.05, 0.1) is 37.8 Å². The number of nitrogens with zero attached hydrogens (tertiary/aromatic N) is 1. The molecule has 6 aromatic carbocycles. The SMILES string of the molecule is COc1ccc(C#Cc2ccc3c(c2)[C@]2(C(=O)N3)[C@H](C(=O)NC[C@H](O)c3ccccc3)[C@H]3C(=O)O[C@H](c4ccccc4)[C@H](c4ccccc4)N3[C@@H]2c2ccc(OCCO)cc2)cc1. The third kappa shape index (κ3) is 7.59. The molecule has 9 rings (SSSR count). The van der Waals surface area contributed by atoms with Gasteiger partial charge >= 0.3 is 5.97 Å².